The molecule has 17 heavy (non-hydrogen) atoms. The minimum Gasteiger partial charge on any atom is -0.348 e. The Bertz CT molecular complexity index is 582. The van der Waals surface area contributed by atoms with Crippen LogP contribution in [-0.4, -0.2) is 8.24 Å². The third-order valence-corrected chi connectivity index (χ3v) is 5.34. The number of hydrogen-bond acceptors (Lipinski definition) is 1. The number of hydrogen-bond donors (Lipinski definition) is 1. The van der Waals surface area contributed by atoms with Crippen LogP contribution in [0.15, 0.2) is 42.5 Å². The molecule has 0 unspecified atom stereocenters. The summed E-state index contributed by atoms with van der Waals surface area (Å²) in [5.41, 5.74) is 5.66. The lowest BCUT2D eigenvalue weighted by molar-refractivity contribution is 1.26. The molecule has 1 nitrogen and oxygen atoms in total. The minimum absolute atomic E-state index is 1.07. The van der Waals surface area contributed by atoms with Crippen molar-refractivity contribution in [1.82, 2.24) is 0 Å². The predicted octanol–water partition coefficient (Wildman–Crippen LogP) is 2.63. The number of nitrogens with two attached hydrogens (primary N) is 1. The van der Waals surface area contributed by atoms with E-state index >= 15 is 0 Å². The molecular formula is C15H17NSi. The molecule has 2 aromatic rings. The van der Waals surface area contributed by atoms with Gasteiger partial charge in [0.15, 0.2) is 0 Å². The van der Waals surface area contributed by atoms with Crippen molar-refractivity contribution >= 4 is 13.4 Å². The largest absolute Gasteiger partial charge is 0.348 e. The first-order chi connectivity index (χ1) is 8.05. The van der Waals surface area contributed by atoms with Crippen LogP contribution in [0.3, 0.4) is 0 Å². The summed E-state index contributed by atoms with van der Waals surface area (Å²) in [6, 6.07) is 15.5. The van der Waals surface area contributed by atoms with Gasteiger partial charge >= 0.3 is 0 Å². The molecule has 2 N–H and O–H groups in total. The number of benzene rings is 2. The van der Waals surface area contributed by atoms with Gasteiger partial charge in [0.05, 0.1) is 0 Å². The van der Waals surface area contributed by atoms with Gasteiger partial charge in [-0.15, -0.1) is 0 Å². The van der Waals surface area contributed by atoms with Crippen LogP contribution in [0.2, 0.25) is 13.1 Å². The molecule has 86 valence electrons. The van der Waals surface area contributed by atoms with Gasteiger partial charge in [-0.25, -0.2) is 0 Å². The molecule has 1 aliphatic rings. The average molecular weight is 239 g/mol. The molecule has 1 aliphatic carbocycles. The van der Waals surface area contributed by atoms with Gasteiger partial charge in [0, 0.05) is 0 Å². The van der Waals surface area contributed by atoms with Crippen LogP contribution in [0.25, 0.3) is 11.1 Å². The van der Waals surface area contributed by atoms with Gasteiger partial charge in [0.1, 0.15) is 8.24 Å². The summed E-state index contributed by atoms with van der Waals surface area (Å²) in [5, 5.41) is 7.65. The zero-order chi connectivity index (χ0) is 12.0. The Labute approximate surface area is 103 Å². The summed E-state index contributed by atoms with van der Waals surface area (Å²) in [6.07, 6.45) is 1.07. The van der Waals surface area contributed by atoms with Gasteiger partial charge < -0.3 is 5.40 Å². The average Bonchev–Trinajstić information content (AvgIpc) is 2.65. The highest BCUT2D eigenvalue weighted by Gasteiger charge is 2.22. The molecule has 0 aromatic heterocycles. The molecule has 2 heteroatoms. The first-order valence-corrected chi connectivity index (χ1v) is 9.14. The van der Waals surface area contributed by atoms with Crippen LogP contribution in [0.5, 0.6) is 0 Å². The second-order valence-electron chi connectivity index (χ2n) is 5.43. The summed E-state index contributed by atoms with van der Waals surface area (Å²) in [4.78, 5) is 0. The van der Waals surface area contributed by atoms with Crippen LogP contribution in [-0.2, 0) is 6.42 Å². The van der Waals surface area contributed by atoms with E-state index in [1.807, 2.05) is 0 Å². The summed E-state index contributed by atoms with van der Waals surface area (Å²) in [6.45, 7) is 4.38. The Balaban J connectivity index is 2.18. The first kappa shape index (κ1) is 10.8. The molecule has 0 radical (unpaired) electrons. The highest BCUT2D eigenvalue weighted by molar-refractivity contribution is 6.87. The Morgan fingerprint density at radius 2 is 1.65 bits per heavy atom. The summed E-state index contributed by atoms with van der Waals surface area (Å²) < 4.78 is 0. The Morgan fingerprint density at radius 3 is 2.41 bits per heavy atom. The van der Waals surface area contributed by atoms with Crippen molar-refractivity contribution in [2.45, 2.75) is 19.5 Å². The maximum absolute atomic E-state index is 6.31. The second kappa shape index (κ2) is 3.55. The molecule has 0 heterocycles. The van der Waals surface area contributed by atoms with Crippen LogP contribution in [0.4, 0.5) is 0 Å². The summed E-state index contributed by atoms with van der Waals surface area (Å²) in [5.74, 6) is 0. The van der Waals surface area contributed by atoms with E-state index in [4.69, 9.17) is 5.40 Å². The monoisotopic (exact) mass is 239 g/mol. The molecule has 0 amide bonds. The zero-order valence-electron chi connectivity index (χ0n) is 10.3. The lowest BCUT2D eigenvalue weighted by Crippen LogP contribution is -2.51. The fraction of sp³-hybridized carbons (Fsp3) is 0.200. The van der Waals surface area contributed by atoms with E-state index in [0.717, 1.165) is 6.42 Å². The zero-order valence-corrected chi connectivity index (χ0v) is 11.3. The van der Waals surface area contributed by atoms with E-state index in [9.17, 15) is 0 Å². The van der Waals surface area contributed by atoms with E-state index in [2.05, 4.69) is 55.6 Å². The quantitative estimate of drug-likeness (QED) is 0.649. The lowest BCUT2D eigenvalue weighted by Gasteiger charge is -2.17. The molecular weight excluding hydrogens is 222 g/mol. The van der Waals surface area contributed by atoms with Gasteiger partial charge in [-0.3, -0.25) is 0 Å². The van der Waals surface area contributed by atoms with Crippen molar-refractivity contribution in [3.8, 4) is 11.1 Å². The van der Waals surface area contributed by atoms with E-state index in [1.165, 1.54) is 27.4 Å². The van der Waals surface area contributed by atoms with Crippen molar-refractivity contribution < 1.29 is 0 Å². The van der Waals surface area contributed by atoms with Crippen LogP contribution in [0, 0.1) is 0 Å². The van der Waals surface area contributed by atoms with E-state index in [-0.39, 0.29) is 0 Å². The van der Waals surface area contributed by atoms with Crippen LogP contribution < -0.4 is 10.6 Å². The SMILES string of the molecule is C[Si](C)(N)c1ccc2c(c1)-c1ccccc1C2. The number of fused-ring (bicyclic) bond motifs is 3. The Hall–Kier alpha value is -1.38. The molecule has 0 saturated heterocycles. The highest BCUT2D eigenvalue weighted by atomic mass is 28.3. The van der Waals surface area contributed by atoms with Crippen molar-refractivity contribution in [3.05, 3.63) is 53.6 Å². The topological polar surface area (TPSA) is 26.0 Å². The van der Waals surface area contributed by atoms with E-state index in [0.29, 0.717) is 0 Å². The maximum Gasteiger partial charge on any atom is 0.148 e. The van der Waals surface area contributed by atoms with Crippen LogP contribution in [0.1, 0.15) is 11.1 Å². The standard InChI is InChI=1S/C15H17NSi/c1-17(2,16)13-8-7-12-9-11-5-3-4-6-14(11)15(12)10-13/h3-8,10H,9,16H2,1-2H3. The van der Waals surface area contributed by atoms with Gasteiger partial charge in [0.2, 0.25) is 0 Å². The first-order valence-electron chi connectivity index (χ1n) is 6.06. The molecule has 0 bridgehead atoms. The van der Waals surface area contributed by atoms with Crippen molar-refractivity contribution in [1.29, 1.82) is 0 Å². The minimum atomic E-state index is -1.70. The predicted molar refractivity (Wildman–Crippen MR) is 76.0 cm³/mol. The molecule has 0 saturated carbocycles. The van der Waals surface area contributed by atoms with Gasteiger partial charge in [-0.2, -0.15) is 0 Å². The molecule has 2 aromatic carbocycles. The Kier molecular flexibility index (Phi) is 2.25. The molecule has 0 spiro atoms. The van der Waals surface area contributed by atoms with E-state index in [1.54, 1.807) is 0 Å². The maximum atomic E-state index is 6.31. The second-order valence-corrected chi connectivity index (χ2v) is 9.45. The third kappa shape index (κ3) is 1.74. The third-order valence-electron chi connectivity index (χ3n) is 3.54. The highest BCUT2D eigenvalue weighted by Crippen LogP contribution is 2.35. The van der Waals surface area contributed by atoms with Crippen molar-refractivity contribution in [2.75, 3.05) is 0 Å². The van der Waals surface area contributed by atoms with Crippen LogP contribution >= 0.6 is 0 Å². The van der Waals surface area contributed by atoms with Crippen molar-refractivity contribution in [3.63, 3.8) is 0 Å². The van der Waals surface area contributed by atoms with E-state index < -0.39 is 8.24 Å². The van der Waals surface area contributed by atoms with Gasteiger partial charge in [-0.1, -0.05) is 55.6 Å². The molecule has 0 fully saturated rings. The molecule has 0 aliphatic heterocycles. The normalized spacial score (nSPS) is 13.4. The van der Waals surface area contributed by atoms with Gasteiger partial charge in [-0.05, 0) is 33.9 Å². The Morgan fingerprint density at radius 1 is 0.941 bits per heavy atom. The number of rotatable bonds is 1. The molecule has 0 atom stereocenters. The molecule has 3 rings (SSSR count). The fourth-order valence-electron chi connectivity index (χ4n) is 2.52. The fourth-order valence-corrected chi connectivity index (χ4v) is 3.55. The van der Waals surface area contributed by atoms with Gasteiger partial charge in [0.25, 0.3) is 0 Å². The smallest absolute Gasteiger partial charge is 0.148 e. The summed E-state index contributed by atoms with van der Waals surface area (Å²) >= 11 is 0. The lowest BCUT2D eigenvalue weighted by atomic mass is 10.1. The van der Waals surface area contributed by atoms with Crippen molar-refractivity contribution in [2.24, 2.45) is 5.40 Å². The summed E-state index contributed by atoms with van der Waals surface area (Å²) in [7, 11) is -1.70.